The Kier molecular flexibility index (Phi) is 5.95. The van der Waals surface area contributed by atoms with Gasteiger partial charge >= 0.3 is 6.09 Å². The van der Waals surface area contributed by atoms with Crippen LogP contribution in [0.25, 0.3) is 0 Å². The fourth-order valence-corrected chi connectivity index (χ4v) is 4.90. The van der Waals surface area contributed by atoms with Crippen molar-refractivity contribution in [2.45, 2.75) is 76.2 Å². The SMILES string of the molecule is CCc1ccc(Nc2ncnc(O[C@H]3CC4CCC3N4C(=O)OC3CCC3)c2OC)c(F)c1. The predicted octanol–water partition coefficient (Wildman–Crippen LogP) is 4.60. The first-order valence-corrected chi connectivity index (χ1v) is 11.7. The van der Waals surface area contributed by atoms with Gasteiger partial charge in [-0.15, -0.1) is 0 Å². The molecule has 9 heteroatoms. The number of hydrogen-bond acceptors (Lipinski definition) is 7. The lowest BCUT2D eigenvalue weighted by Gasteiger charge is -2.30. The third-order valence-electron chi connectivity index (χ3n) is 6.94. The lowest BCUT2D eigenvalue weighted by molar-refractivity contribution is 0.0201. The van der Waals surface area contributed by atoms with Gasteiger partial charge in [0.2, 0.25) is 5.75 Å². The van der Waals surface area contributed by atoms with Crippen LogP contribution < -0.4 is 14.8 Å². The maximum Gasteiger partial charge on any atom is 0.410 e. The molecule has 2 bridgehead atoms. The van der Waals surface area contributed by atoms with Crippen molar-refractivity contribution in [2.24, 2.45) is 0 Å². The molecule has 2 aromatic rings. The van der Waals surface area contributed by atoms with Crippen molar-refractivity contribution in [3.8, 4) is 11.6 Å². The van der Waals surface area contributed by atoms with E-state index in [1.165, 1.54) is 19.5 Å². The monoisotopic (exact) mass is 456 g/mol. The van der Waals surface area contributed by atoms with E-state index >= 15 is 0 Å². The summed E-state index contributed by atoms with van der Waals surface area (Å²) in [7, 11) is 1.50. The first kappa shape index (κ1) is 21.7. The fraction of sp³-hybridized carbons (Fsp3) is 0.542. The van der Waals surface area contributed by atoms with E-state index in [4.69, 9.17) is 14.2 Å². The van der Waals surface area contributed by atoms with Crippen molar-refractivity contribution in [2.75, 3.05) is 12.4 Å². The molecule has 176 valence electrons. The van der Waals surface area contributed by atoms with Crippen molar-refractivity contribution in [1.82, 2.24) is 14.9 Å². The molecule has 1 aromatic heterocycles. The van der Waals surface area contributed by atoms with E-state index in [1.807, 2.05) is 17.9 Å². The number of aryl methyl sites for hydroxylation is 1. The van der Waals surface area contributed by atoms with Gasteiger partial charge in [0, 0.05) is 12.5 Å². The number of carbonyl (C=O) groups is 1. The molecule has 3 aliphatic rings. The zero-order valence-corrected chi connectivity index (χ0v) is 18.9. The zero-order chi connectivity index (χ0) is 22.9. The van der Waals surface area contributed by atoms with Gasteiger partial charge in [-0.3, -0.25) is 4.90 Å². The Hall–Kier alpha value is -3.10. The molecule has 2 unspecified atom stereocenters. The number of nitrogens with one attached hydrogen (secondary N) is 1. The number of anilines is 2. The number of rotatable bonds is 7. The van der Waals surface area contributed by atoms with Gasteiger partial charge in [-0.1, -0.05) is 13.0 Å². The molecule has 3 fully saturated rings. The van der Waals surface area contributed by atoms with Gasteiger partial charge in [0.25, 0.3) is 5.88 Å². The number of amides is 1. The zero-order valence-electron chi connectivity index (χ0n) is 18.9. The molecule has 0 spiro atoms. The van der Waals surface area contributed by atoms with Crippen molar-refractivity contribution >= 4 is 17.6 Å². The topological polar surface area (TPSA) is 85.8 Å². The molecule has 1 aromatic carbocycles. The average Bonchev–Trinajstić information content (AvgIpc) is 3.35. The summed E-state index contributed by atoms with van der Waals surface area (Å²) in [5, 5.41) is 2.99. The minimum Gasteiger partial charge on any atom is -0.489 e. The van der Waals surface area contributed by atoms with Crippen LogP contribution in [0.5, 0.6) is 11.6 Å². The van der Waals surface area contributed by atoms with E-state index in [9.17, 15) is 9.18 Å². The van der Waals surface area contributed by atoms with Crippen LogP contribution in [0.3, 0.4) is 0 Å². The molecule has 1 N–H and O–H groups in total. The minimum absolute atomic E-state index is 0.0549. The number of benzene rings is 1. The molecule has 3 heterocycles. The number of carbonyl (C=O) groups excluding carboxylic acids is 1. The van der Waals surface area contributed by atoms with E-state index < -0.39 is 0 Å². The normalized spacial score (nSPS) is 23.8. The van der Waals surface area contributed by atoms with Gasteiger partial charge in [-0.05, 0) is 56.2 Å². The number of hydrogen-bond donors (Lipinski definition) is 1. The highest BCUT2D eigenvalue weighted by Gasteiger charge is 2.51. The van der Waals surface area contributed by atoms with Gasteiger partial charge in [-0.25, -0.2) is 14.2 Å². The Morgan fingerprint density at radius 1 is 1.24 bits per heavy atom. The van der Waals surface area contributed by atoms with E-state index in [2.05, 4.69) is 15.3 Å². The quantitative estimate of drug-likeness (QED) is 0.651. The molecule has 5 rings (SSSR count). The molecule has 3 atom stereocenters. The number of methoxy groups -OCH3 is 1. The van der Waals surface area contributed by atoms with Gasteiger partial charge in [0.15, 0.2) is 5.82 Å². The molecule has 2 aliphatic heterocycles. The third-order valence-corrected chi connectivity index (χ3v) is 6.94. The molecule has 2 saturated heterocycles. The Morgan fingerprint density at radius 3 is 2.79 bits per heavy atom. The Balaban J connectivity index is 1.31. The van der Waals surface area contributed by atoms with Crippen LogP contribution in [0.1, 0.15) is 51.0 Å². The largest absolute Gasteiger partial charge is 0.489 e. The summed E-state index contributed by atoms with van der Waals surface area (Å²) in [5.74, 6) is 0.509. The highest BCUT2D eigenvalue weighted by atomic mass is 19.1. The number of halogens is 1. The van der Waals surface area contributed by atoms with Gasteiger partial charge in [-0.2, -0.15) is 4.98 Å². The molecule has 1 saturated carbocycles. The van der Waals surface area contributed by atoms with E-state index in [1.54, 1.807) is 6.07 Å². The Bertz CT molecular complexity index is 1030. The number of nitrogens with zero attached hydrogens (tertiary/aromatic N) is 3. The molecular weight excluding hydrogens is 427 g/mol. The van der Waals surface area contributed by atoms with E-state index in [0.29, 0.717) is 23.7 Å². The highest BCUT2D eigenvalue weighted by Crippen LogP contribution is 2.42. The first-order valence-electron chi connectivity index (χ1n) is 11.7. The van der Waals surface area contributed by atoms with Crippen LogP contribution in [-0.2, 0) is 11.2 Å². The standard InChI is InChI=1S/C24H29FN4O4/c1-3-14-7-9-18(17(25)11-14)28-22-21(31-2)23(27-13-26-22)33-20-12-15-8-10-19(20)29(15)24(30)32-16-5-4-6-16/h7,9,11,13,15-16,19-20H,3-6,8,10,12H2,1-2H3,(H,26,27,28)/t15?,19?,20-/m0/s1. The smallest absolute Gasteiger partial charge is 0.410 e. The fourth-order valence-electron chi connectivity index (χ4n) is 4.90. The number of aromatic nitrogens is 2. The summed E-state index contributed by atoms with van der Waals surface area (Å²) in [6.07, 6.45) is 7.26. The van der Waals surface area contributed by atoms with Crippen LogP contribution in [0.4, 0.5) is 20.7 Å². The molecule has 0 radical (unpaired) electrons. The van der Waals surface area contributed by atoms with Crippen LogP contribution in [0.15, 0.2) is 24.5 Å². The molecule has 8 nitrogen and oxygen atoms in total. The van der Waals surface area contributed by atoms with Crippen LogP contribution in [-0.4, -0.2) is 52.4 Å². The number of fused-ring (bicyclic) bond motifs is 2. The van der Waals surface area contributed by atoms with Gasteiger partial charge < -0.3 is 19.5 Å². The minimum atomic E-state index is -0.369. The van der Waals surface area contributed by atoms with Crippen molar-refractivity contribution in [3.05, 3.63) is 35.9 Å². The van der Waals surface area contributed by atoms with Crippen molar-refractivity contribution < 1.29 is 23.4 Å². The molecular formula is C24H29FN4O4. The Labute approximate surface area is 192 Å². The maximum atomic E-state index is 14.5. The van der Waals surface area contributed by atoms with Crippen LogP contribution in [0.2, 0.25) is 0 Å². The summed E-state index contributed by atoms with van der Waals surface area (Å²) in [5.41, 5.74) is 1.20. The lowest BCUT2D eigenvalue weighted by atomic mass is 9.96. The molecule has 1 aliphatic carbocycles. The van der Waals surface area contributed by atoms with Crippen molar-refractivity contribution in [3.63, 3.8) is 0 Å². The highest BCUT2D eigenvalue weighted by molar-refractivity contribution is 5.70. The van der Waals surface area contributed by atoms with E-state index in [-0.39, 0.29) is 42.1 Å². The maximum absolute atomic E-state index is 14.5. The summed E-state index contributed by atoms with van der Waals surface area (Å²) in [6, 6.07) is 5.10. The van der Waals surface area contributed by atoms with Crippen LogP contribution in [0, 0.1) is 5.82 Å². The summed E-state index contributed by atoms with van der Waals surface area (Å²) >= 11 is 0. The summed E-state index contributed by atoms with van der Waals surface area (Å²) in [4.78, 5) is 23.1. The Morgan fingerprint density at radius 2 is 2.09 bits per heavy atom. The van der Waals surface area contributed by atoms with E-state index in [0.717, 1.165) is 44.1 Å². The van der Waals surface area contributed by atoms with Gasteiger partial charge in [0.05, 0.1) is 18.8 Å². The summed E-state index contributed by atoms with van der Waals surface area (Å²) in [6.45, 7) is 1.97. The lowest BCUT2D eigenvalue weighted by Crippen LogP contribution is -2.42. The third kappa shape index (κ3) is 4.16. The number of ether oxygens (including phenoxy) is 3. The van der Waals surface area contributed by atoms with Crippen molar-refractivity contribution in [1.29, 1.82) is 0 Å². The average molecular weight is 457 g/mol. The summed E-state index contributed by atoms with van der Waals surface area (Å²) < 4.78 is 31.9. The predicted molar refractivity (Wildman–Crippen MR) is 119 cm³/mol. The van der Waals surface area contributed by atoms with Crippen LogP contribution >= 0.6 is 0 Å². The van der Waals surface area contributed by atoms with Gasteiger partial charge in [0.1, 0.15) is 24.4 Å². The second-order valence-corrected chi connectivity index (χ2v) is 8.89. The first-order chi connectivity index (χ1) is 16.1. The second-order valence-electron chi connectivity index (χ2n) is 8.89. The molecule has 1 amide bonds. The molecule has 33 heavy (non-hydrogen) atoms. The second kappa shape index (κ2) is 9.03.